The molecule has 1 aliphatic carbocycles. The van der Waals surface area contributed by atoms with Gasteiger partial charge in [-0.3, -0.25) is 14.9 Å². The molecule has 2 aromatic carbocycles. The molecule has 1 unspecified atom stereocenters. The number of carbonyl (C=O) groups is 1. The van der Waals surface area contributed by atoms with Gasteiger partial charge in [-0.25, -0.2) is 0 Å². The average molecular weight is 377 g/mol. The van der Waals surface area contributed by atoms with E-state index in [0.717, 1.165) is 17.5 Å². The van der Waals surface area contributed by atoms with E-state index < -0.39 is 16.4 Å². The van der Waals surface area contributed by atoms with E-state index >= 15 is 0 Å². The second kappa shape index (κ2) is 7.85. The standard InChI is InChI=1S/C23H23NO4/c1-23(2,3)22(25)28-21(14-9-16-7-5-4-6-8-16)20-15-19(20)17-10-12-18(13-11-17)24(26)27/h4-8,10-13,19-21H,15H2,1-3H3/t19-,20+,21?/m0/s1. The van der Waals surface area contributed by atoms with Crippen molar-refractivity contribution in [2.24, 2.45) is 11.3 Å². The molecule has 144 valence electrons. The zero-order chi connectivity index (χ0) is 20.3. The molecule has 1 aliphatic rings. The molecule has 0 saturated heterocycles. The predicted octanol–water partition coefficient (Wildman–Crippen LogP) is 4.71. The van der Waals surface area contributed by atoms with Crippen molar-refractivity contribution >= 4 is 11.7 Å². The number of hydrogen-bond donors (Lipinski definition) is 0. The van der Waals surface area contributed by atoms with E-state index in [9.17, 15) is 14.9 Å². The number of esters is 1. The second-order valence-electron chi connectivity index (χ2n) is 8.07. The molecule has 5 nitrogen and oxygen atoms in total. The van der Waals surface area contributed by atoms with Crippen LogP contribution in [0.15, 0.2) is 54.6 Å². The van der Waals surface area contributed by atoms with Crippen molar-refractivity contribution in [3.05, 3.63) is 75.8 Å². The van der Waals surface area contributed by atoms with Crippen molar-refractivity contribution in [1.29, 1.82) is 0 Å². The monoisotopic (exact) mass is 377 g/mol. The van der Waals surface area contributed by atoms with Crippen molar-refractivity contribution in [2.45, 2.75) is 39.2 Å². The SMILES string of the molecule is CC(C)(C)C(=O)OC(C#Cc1ccccc1)[C@@H]1C[C@H]1c1ccc([N+](=O)[O-])cc1. The number of benzene rings is 2. The maximum atomic E-state index is 12.4. The fourth-order valence-electron chi connectivity index (χ4n) is 2.97. The van der Waals surface area contributed by atoms with Gasteiger partial charge >= 0.3 is 5.97 Å². The van der Waals surface area contributed by atoms with Crippen LogP contribution in [0.4, 0.5) is 5.69 Å². The van der Waals surface area contributed by atoms with Crippen LogP contribution in [0.2, 0.25) is 0 Å². The number of ether oxygens (including phenoxy) is 1. The number of carbonyl (C=O) groups excluding carboxylic acids is 1. The quantitative estimate of drug-likeness (QED) is 0.335. The van der Waals surface area contributed by atoms with Gasteiger partial charge in [0.15, 0.2) is 6.10 Å². The Balaban J connectivity index is 1.78. The van der Waals surface area contributed by atoms with Crippen LogP contribution >= 0.6 is 0 Å². The Bertz CT molecular complexity index is 917. The highest BCUT2D eigenvalue weighted by atomic mass is 16.6. The lowest BCUT2D eigenvalue weighted by Crippen LogP contribution is -2.29. The van der Waals surface area contributed by atoms with Gasteiger partial charge in [0.2, 0.25) is 0 Å². The van der Waals surface area contributed by atoms with Crippen LogP contribution in [0.3, 0.4) is 0 Å². The van der Waals surface area contributed by atoms with Crippen LogP contribution in [0.5, 0.6) is 0 Å². The molecule has 0 aliphatic heterocycles. The number of non-ortho nitro benzene ring substituents is 1. The van der Waals surface area contributed by atoms with Crippen molar-refractivity contribution in [3.63, 3.8) is 0 Å². The van der Waals surface area contributed by atoms with Crippen LogP contribution in [-0.2, 0) is 9.53 Å². The lowest BCUT2D eigenvalue weighted by molar-refractivity contribution is -0.384. The van der Waals surface area contributed by atoms with Crippen LogP contribution in [0.1, 0.15) is 44.2 Å². The topological polar surface area (TPSA) is 69.4 Å². The first kappa shape index (κ1) is 19.6. The minimum atomic E-state index is -0.607. The molecule has 0 spiro atoms. The third-order valence-corrected chi connectivity index (χ3v) is 4.74. The van der Waals surface area contributed by atoms with E-state index in [-0.39, 0.29) is 23.5 Å². The molecule has 2 aromatic rings. The smallest absolute Gasteiger partial charge is 0.312 e. The Morgan fingerprint density at radius 1 is 1.14 bits per heavy atom. The molecular weight excluding hydrogens is 354 g/mol. The Hall–Kier alpha value is -3.13. The molecule has 0 bridgehead atoms. The minimum Gasteiger partial charge on any atom is -0.448 e. The minimum absolute atomic E-state index is 0.0699. The van der Waals surface area contributed by atoms with E-state index in [1.54, 1.807) is 12.1 Å². The summed E-state index contributed by atoms with van der Waals surface area (Å²) in [4.78, 5) is 22.8. The summed E-state index contributed by atoms with van der Waals surface area (Å²) in [5, 5.41) is 10.8. The largest absolute Gasteiger partial charge is 0.448 e. The van der Waals surface area contributed by atoms with E-state index in [2.05, 4.69) is 11.8 Å². The van der Waals surface area contributed by atoms with Crippen LogP contribution < -0.4 is 0 Å². The summed E-state index contributed by atoms with van der Waals surface area (Å²) in [6, 6.07) is 16.1. The fourth-order valence-corrected chi connectivity index (χ4v) is 2.97. The van der Waals surface area contributed by atoms with E-state index in [4.69, 9.17) is 4.74 Å². The molecule has 0 amide bonds. The summed E-state index contributed by atoms with van der Waals surface area (Å²) >= 11 is 0. The Morgan fingerprint density at radius 2 is 1.79 bits per heavy atom. The molecule has 1 saturated carbocycles. The lowest BCUT2D eigenvalue weighted by atomic mass is 9.97. The van der Waals surface area contributed by atoms with Crippen molar-refractivity contribution < 1.29 is 14.5 Å². The first-order chi connectivity index (χ1) is 13.3. The molecule has 0 heterocycles. The molecule has 5 heteroatoms. The number of nitro groups is 1. The molecule has 0 radical (unpaired) electrons. The lowest BCUT2D eigenvalue weighted by Gasteiger charge is -2.20. The van der Waals surface area contributed by atoms with E-state index in [0.29, 0.717) is 0 Å². The Morgan fingerprint density at radius 3 is 2.36 bits per heavy atom. The highest BCUT2D eigenvalue weighted by Crippen LogP contribution is 2.50. The molecule has 3 atom stereocenters. The summed E-state index contributed by atoms with van der Waals surface area (Å²) in [5.41, 5.74) is 1.34. The second-order valence-corrected chi connectivity index (χ2v) is 8.07. The highest BCUT2D eigenvalue weighted by Gasteiger charge is 2.46. The van der Waals surface area contributed by atoms with E-state index in [1.165, 1.54) is 12.1 Å². The number of nitro benzene ring substituents is 1. The van der Waals surface area contributed by atoms with Crippen LogP contribution in [-0.4, -0.2) is 17.0 Å². The van der Waals surface area contributed by atoms with Crippen molar-refractivity contribution in [3.8, 4) is 11.8 Å². The van der Waals surface area contributed by atoms with Gasteiger partial charge in [-0.2, -0.15) is 0 Å². The summed E-state index contributed by atoms with van der Waals surface area (Å²) in [6.07, 6.45) is 0.329. The van der Waals surface area contributed by atoms with Crippen LogP contribution in [0.25, 0.3) is 0 Å². The maximum Gasteiger partial charge on any atom is 0.312 e. The van der Waals surface area contributed by atoms with Gasteiger partial charge in [-0.1, -0.05) is 42.2 Å². The molecule has 3 rings (SSSR count). The normalized spacial score (nSPS) is 19.1. The molecule has 1 fully saturated rings. The fraction of sp³-hybridized carbons (Fsp3) is 0.348. The number of nitrogens with zero attached hydrogens (tertiary/aromatic N) is 1. The summed E-state index contributed by atoms with van der Waals surface area (Å²) < 4.78 is 5.75. The van der Waals surface area contributed by atoms with Gasteiger partial charge in [-0.05, 0) is 50.8 Å². The predicted molar refractivity (Wildman–Crippen MR) is 107 cm³/mol. The van der Waals surface area contributed by atoms with Gasteiger partial charge in [0.1, 0.15) is 0 Å². The first-order valence-corrected chi connectivity index (χ1v) is 9.28. The van der Waals surface area contributed by atoms with E-state index in [1.807, 2.05) is 51.1 Å². The Labute approximate surface area is 164 Å². The zero-order valence-electron chi connectivity index (χ0n) is 16.2. The molecule has 28 heavy (non-hydrogen) atoms. The summed E-state index contributed by atoms with van der Waals surface area (Å²) in [7, 11) is 0. The summed E-state index contributed by atoms with van der Waals surface area (Å²) in [6.45, 7) is 5.45. The maximum absolute atomic E-state index is 12.4. The third kappa shape index (κ3) is 4.77. The Kier molecular flexibility index (Phi) is 5.51. The van der Waals surface area contributed by atoms with Crippen LogP contribution in [0, 0.1) is 33.3 Å². The molecule has 0 aromatic heterocycles. The van der Waals surface area contributed by atoms with Gasteiger partial charge in [0.05, 0.1) is 10.3 Å². The molecular formula is C23H23NO4. The number of hydrogen-bond acceptors (Lipinski definition) is 4. The highest BCUT2D eigenvalue weighted by molar-refractivity contribution is 5.76. The zero-order valence-corrected chi connectivity index (χ0v) is 16.2. The van der Waals surface area contributed by atoms with Gasteiger partial charge in [0, 0.05) is 23.6 Å². The van der Waals surface area contributed by atoms with Gasteiger partial charge < -0.3 is 4.74 Å². The van der Waals surface area contributed by atoms with Gasteiger partial charge in [-0.15, -0.1) is 0 Å². The molecule has 0 N–H and O–H groups in total. The summed E-state index contributed by atoms with van der Waals surface area (Å²) in [5.74, 6) is 6.22. The van der Waals surface area contributed by atoms with Crippen molar-refractivity contribution in [2.75, 3.05) is 0 Å². The number of rotatable bonds is 4. The first-order valence-electron chi connectivity index (χ1n) is 9.28. The van der Waals surface area contributed by atoms with Gasteiger partial charge in [0.25, 0.3) is 5.69 Å². The van der Waals surface area contributed by atoms with Crippen molar-refractivity contribution in [1.82, 2.24) is 0 Å². The third-order valence-electron chi connectivity index (χ3n) is 4.74. The average Bonchev–Trinajstić information content (AvgIpc) is 3.45.